The number of hydrogen-bond acceptors (Lipinski definition) is 2. The first-order chi connectivity index (χ1) is 9.11. The highest BCUT2D eigenvalue weighted by Crippen LogP contribution is 2.26. The molecule has 0 amide bonds. The average Bonchev–Trinajstić information content (AvgIpc) is 2.41. The molecule has 0 bridgehead atoms. The van der Waals surface area contributed by atoms with Gasteiger partial charge in [0, 0.05) is 17.1 Å². The van der Waals surface area contributed by atoms with Gasteiger partial charge in [-0.15, -0.1) is 0 Å². The highest BCUT2D eigenvalue weighted by Gasteiger charge is 2.08. The minimum atomic E-state index is -0.570. The van der Waals surface area contributed by atoms with Gasteiger partial charge in [0.2, 0.25) is 0 Å². The van der Waals surface area contributed by atoms with Crippen molar-refractivity contribution in [2.75, 3.05) is 0 Å². The van der Waals surface area contributed by atoms with Crippen LogP contribution in [0.15, 0.2) is 36.4 Å². The second-order valence-corrected chi connectivity index (χ2v) is 4.78. The third kappa shape index (κ3) is 3.38. The Labute approximate surface area is 120 Å². The zero-order chi connectivity index (χ0) is 13.8. The molecule has 0 aliphatic carbocycles. The van der Waals surface area contributed by atoms with Crippen LogP contribution in [-0.4, -0.2) is 0 Å². The summed E-state index contributed by atoms with van der Waals surface area (Å²) in [6, 6.07) is 10.1. The standard InChI is InChI=1S/C14H12Cl2FNO/c15-11-2-1-3-13(14(11)17)19-8-10-5-4-9(7-18)6-12(10)16/h1-6H,7-8,18H2. The molecule has 0 spiro atoms. The van der Waals surface area contributed by atoms with Crippen LogP contribution in [0.25, 0.3) is 0 Å². The van der Waals surface area contributed by atoms with Gasteiger partial charge in [0.15, 0.2) is 11.6 Å². The molecule has 0 atom stereocenters. The van der Waals surface area contributed by atoms with E-state index in [1.807, 2.05) is 12.1 Å². The Morgan fingerprint density at radius 1 is 1.11 bits per heavy atom. The van der Waals surface area contributed by atoms with E-state index in [1.165, 1.54) is 12.1 Å². The molecule has 2 aromatic rings. The van der Waals surface area contributed by atoms with Gasteiger partial charge in [-0.25, -0.2) is 4.39 Å². The molecule has 0 saturated carbocycles. The minimum absolute atomic E-state index is 0.0297. The summed E-state index contributed by atoms with van der Waals surface area (Å²) in [4.78, 5) is 0. The Balaban J connectivity index is 2.12. The van der Waals surface area contributed by atoms with Crippen molar-refractivity contribution < 1.29 is 9.13 Å². The fourth-order valence-electron chi connectivity index (χ4n) is 1.59. The van der Waals surface area contributed by atoms with Gasteiger partial charge in [-0.05, 0) is 23.8 Å². The van der Waals surface area contributed by atoms with Gasteiger partial charge in [0.25, 0.3) is 0 Å². The summed E-state index contributed by atoms with van der Waals surface area (Å²) in [5, 5.41) is 0.576. The third-order valence-corrected chi connectivity index (χ3v) is 3.30. The van der Waals surface area contributed by atoms with Crippen molar-refractivity contribution in [2.45, 2.75) is 13.2 Å². The molecule has 100 valence electrons. The van der Waals surface area contributed by atoms with Crippen LogP contribution in [0.3, 0.4) is 0 Å². The molecule has 0 radical (unpaired) electrons. The van der Waals surface area contributed by atoms with E-state index in [-0.39, 0.29) is 17.4 Å². The number of ether oxygens (including phenoxy) is 1. The van der Waals surface area contributed by atoms with Crippen molar-refractivity contribution in [1.29, 1.82) is 0 Å². The van der Waals surface area contributed by atoms with Crippen molar-refractivity contribution in [3.8, 4) is 5.75 Å². The molecule has 19 heavy (non-hydrogen) atoms. The van der Waals surface area contributed by atoms with Crippen molar-refractivity contribution in [3.05, 3.63) is 63.4 Å². The third-order valence-electron chi connectivity index (χ3n) is 2.65. The fourth-order valence-corrected chi connectivity index (χ4v) is 2.01. The Bertz CT molecular complexity index is 590. The number of rotatable bonds is 4. The second-order valence-electron chi connectivity index (χ2n) is 3.97. The van der Waals surface area contributed by atoms with E-state index >= 15 is 0 Å². The molecular formula is C14H12Cl2FNO. The Hall–Kier alpha value is -1.29. The molecular weight excluding hydrogens is 288 g/mol. The van der Waals surface area contributed by atoms with Crippen LogP contribution in [-0.2, 0) is 13.2 Å². The Kier molecular flexibility index (Phi) is 4.64. The lowest BCUT2D eigenvalue weighted by atomic mass is 10.1. The molecule has 0 fully saturated rings. The molecule has 2 N–H and O–H groups in total. The first-order valence-electron chi connectivity index (χ1n) is 5.66. The number of benzene rings is 2. The quantitative estimate of drug-likeness (QED) is 0.919. The van der Waals surface area contributed by atoms with Gasteiger partial charge in [-0.3, -0.25) is 0 Å². The van der Waals surface area contributed by atoms with Gasteiger partial charge in [-0.1, -0.05) is 41.4 Å². The molecule has 0 aliphatic rings. The normalized spacial score (nSPS) is 10.5. The van der Waals surface area contributed by atoms with Crippen LogP contribution in [0.1, 0.15) is 11.1 Å². The molecule has 2 rings (SSSR count). The van der Waals surface area contributed by atoms with Crippen molar-refractivity contribution in [1.82, 2.24) is 0 Å². The lowest BCUT2D eigenvalue weighted by Crippen LogP contribution is -2.01. The highest BCUT2D eigenvalue weighted by atomic mass is 35.5. The van der Waals surface area contributed by atoms with Crippen molar-refractivity contribution in [2.24, 2.45) is 5.73 Å². The average molecular weight is 300 g/mol. The maximum absolute atomic E-state index is 13.6. The second kappa shape index (κ2) is 6.24. The van der Waals surface area contributed by atoms with E-state index < -0.39 is 5.82 Å². The van der Waals surface area contributed by atoms with Crippen molar-refractivity contribution >= 4 is 23.2 Å². The van der Waals surface area contributed by atoms with E-state index in [0.717, 1.165) is 11.1 Å². The lowest BCUT2D eigenvalue weighted by Gasteiger charge is -2.10. The number of hydrogen-bond donors (Lipinski definition) is 1. The SMILES string of the molecule is NCc1ccc(COc2cccc(Cl)c2F)c(Cl)c1. The number of halogens is 3. The summed E-state index contributed by atoms with van der Waals surface area (Å²) in [6.45, 7) is 0.588. The van der Waals surface area contributed by atoms with Gasteiger partial charge in [0.05, 0.1) is 5.02 Å². The topological polar surface area (TPSA) is 35.2 Å². The van der Waals surface area contributed by atoms with Crippen LogP contribution in [0, 0.1) is 5.82 Å². The zero-order valence-electron chi connectivity index (χ0n) is 10.00. The molecule has 2 aromatic carbocycles. The smallest absolute Gasteiger partial charge is 0.183 e. The predicted octanol–water partition coefficient (Wildman–Crippen LogP) is 4.17. The first-order valence-corrected chi connectivity index (χ1v) is 6.41. The van der Waals surface area contributed by atoms with Crippen LogP contribution in [0.2, 0.25) is 10.0 Å². The van der Waals surface area contributed by atoms with Crippen LogP contribution < -0.4 is 10.5 Å². The fraction of sp³-hybridized carbons (Fsp3) is 0.143. The zero-order valence-corrected chi connectivity index (χ0v) is 11.5. The minimum Gasteiger partial charge on any atom is -0.486 e. The van der Waals surface area contributed by atoms with Crippen LogP contribution in [0.5, 0.6) is 5.75 Å². The Morgan fingerprint density at radius 2 is 1.89 bits per heavy atom. The molecule has 0 saturated heterocycles. The summed E-state index contributed by atoms with van der Waals surface area (Å²) < 4.78 is 19.0. The van der Waals surface area contributed by atoms with Gasteiger partial charge in [0.1, 0.15) is 6.61 Å². The number of nitrogens with two attached hydrogens (primary N) is 1. The van der Waals surface area contributed by atoms with Crippen molar-refractivity contribution in [3.63, 3.8) is 0 Å². The van der Waals surface area contributed by atoms with Crippen LogP contribution >= 0.6 is 23.2 Å². The molecule has 5 heteroatoms. The molecule has 0 unspecified atom stereocenters. The monoisotopic (exact) mass is 299 g/mol. The summed E-state index contributed by atoms with van der Waals surface area (Å²) in [5.41, 5.74) is 7.21. The maximum atomic E-state index is 13.6. The van der Waals surface area contributed by atoms with E-state index in [0.29, 0.717) is 11.6 Å². The van der Waals surface area contributed by atoms with Gasteiger partial charge >= 0.3 is 0 Å². The highest BCUT2D eigenvalue weighted by molar-refractivity contribution is 6.31. The maximum Gasteiger partial charge on any atom is 0.183 e. The van der Waals surface area contributed by atoms with E-state index in [2.05, 4.69) is 0 Å². The largest absolute Gasteiger partial charge is 0.486 e. The van der Waals surface area contributed by atoms with E-state index in [1.54, 1.807) is 12.1 Å². The van der Waals surface area contributed by atoms with Crippen LogP contribution in [0.4, 0.5) is 4.39 Å². The van der Waals surface area contributed by atoms with Gasteiger partial charge < -0.3 is 10.5 Å². The van der Waals surface area contributed by atoms with E-state index in [9.17, 15) is 4.39 Å². The molecule has 0 heterocycles. The molecule has 0 aliphatic heterocycles. The summed E-state index contributed by atoms with van der Waals surface area (Å²) in [7, 11) is 0. The first kappa shape index (κ1) is 14.1. The van der Waals surface area contributed by atoms with Gasteiger partial charge in [-0.2, -0.15) is 0 Å². The molecule has 2 nitrogen and oxygen atoms in total. The van der Waals surface area contributed by atoms with E-state index in [4.69, 9.17) is 33.7 Å². The predicted molar refractivity (Wildman–Crippen MR) is 75.1 cm³/mol. The summed E-state index contributed by atoms with van der Waals surface area (Å²) in [5.74, 6) is -0.467. The summed E-state index contributed by atoms with van der Waals surface area (Å²) >= 11 is 11.8. The lowest BCUT2D eigenvalue weighted by molar-refractivity contribution is 0.290. The Morgan fingerprint density at radius 3 is 2.58 bits per heavy atom. The summed E-state index contributed by atoms with van der Waals surface area (Å²) in [6.07, 6.45) is 0. The molecule has 0 aromatic heterocycles.